The molecule has 0 aliphatic rings. The highest BCUT2D eigenvalue weighted by Crippen LogP contribution is 2.12. The molecule has 6 nitrogen and oxygen atoms in total. The van der Waals surface area contributed by atoms with Gasteiger partial charge in [-0.2, -0.15) is 0 Å². The third-order valence-electron chi connectivity index (χ3n) is 2.59. The van der Waals surface area contributed by atoms with Gasteiger partial charge in [0.05, 0.1) is 19.0 Å². The van der Waals surface area contributed by atoms with E-state index in [2.05, 4.69) is 151 Å². The van der Waals surface area contributed by atoms with Crippen molar-refractivity contribution in [2.24, 2.45) is 0 Å². The molecule has 1 N–H and O–H groups in total. The molecule has 132 valence electrons. The molecule has 3 aromatic heterocycles. The van der Waals surface area contributed by atoms with Gasteiger partial charge in [-0.3, -0.25) is 0 Å². The lowest BCUT2D eigenvalue weighted by molar-refractivity contribution is 0.743. The molecule has 0 spiro atoms. The molecular weight excluding hydrogens is 875 g/mol. The molecule has 0 unspecified atom stereocenters. The van der Waals surface area contributed by atoms with E-state index in [0.29, 0.717) is 0 Å². The molecule has 0 aliphatic heterocycles. The van der Waals surface area contributed by atoms with Gasteiger partial charge >= 0.3 is 0 Å². The minimum Gasteiger partial charge on any atom is -0.339 e. The molecule has 0 bridgehead atoms. The lowest BCUT2D eigenvalue weighted by Crippen LogP contribution is -1.93. The van der Waals surface area contributed by atoms with E-state index < -0.39 is 0 Å². The third-order valence-corrected chi connectivity index (χ3v) is 8.77. The van der Waals surface area contributed by atoms with Gasteiger partial charge < -0.3 is 14.1 Å². The summed E-state index contributed by atoms with van der Waals surface area (Å²) in [6.45, 7) is 6.22. The molecule has 0 aliphatic carbocycles. The Kier molecular flexibility index (Phi) is 12.3. The number of nitrogens with zero attached hydrogens (tertiary/aromatic N) is 5. The Labute approximate surface area is 209 Å². The van der Waals surface area contributed by atoms with Crippen molar-refractivity contribution in [3.63, 3.8) is 0 Å². The Hall–Kier alpha value is 1.28. The molecule has 0 fully saturated rings. The molecule has 3 aromatic rings. The topological polar surface area (TPSA) is 64.3 Å². The van der Waals surface area contributed by atoms with Crippen LogP contribution in [-0.4, -0.2) is 29.1 Å². The molecular formula is C13H15I5N6. The van der Waals surface area contributed by atoms with Crippen molar-refractivity contribution in [2.45, 2.75) is 26.9 Å². The SMILES string of the molecule is CCn1cnc(I)c1.CCn1cnc(I)c1I.Ic1nc[nH]c1I. The van der Waals surface area contributed by atoms with Crippen molar-refractivity contribution in [1.29, 1.82) is 0 Å². The Morgan fingerprint density at radius 2 is 1.62 bits per heavy atom. The summed E-state index contributed by atoms with van der Waals surface area (Å²) in [5.74, 6) is 0. The Morgan fingerprint density at radius 3 is 1.83 bits per heavy atom. The maximum atomic E-state index is 4.13. The second kappa shape index (κ2) is 12.6. The van der Waals surface area contributed by atoms with Gasteiger partial charge in [0, 0.05) is 19.3 Å². The summed E-state index contributed by atoms with van der Waals surface area (Å²) in [6.07, 6.45) is 7.40. The second-order valence-corrected chi connectivity index (χ2v) is 9.40. The van der Waals surface area contributed by atoms with E-state index in [-0.39, 0.29) is 0 Å². The standard InChI is InChI=1S/C5H6I2N2.C5H7IN2.C3H2I2N2/c1-2-9-3-8-4(6)5(9)7;1-2-8-3-5(6)7-4-8;4-2-3(5)7-1-6-2/h3H,2H2,1H3;3-4H,2H2,1H3;1H,(H,6,7). The number of hydrogen-bond donors (Lipinski definition) is 1. The second-order valence-electron chi connectivity index (χ2n) is 4.15. The summed E-state index contributed by atoms with van der Waals surface area (Å²) in [4.78, 5) is 15.0. The summed E-state index contributed by atoms with van der Waals surface area (Å²) in [6, 6.07) is 0. The van der Waals surface area contributed by atoms with E-state index in [4.69, 9.17) is 0 Å². The van der Waals surface area contributed by atoms with Gasteiger partial charge in [0.2, 0.25) is 0 Å². The first-order valence-electron chi connectivity index (χ1n) is 6.76. The van der Waals surface area contributed by atoms with E-state index in [9.17, 15) is 0 Å². The normalized spacial score (nSPS) is 9.79. The predicted molar refractivity (Wildman–Crippen MR) is 138 cm³/mol. The van der Waals surface area contributed by atoms with Crippen LogP contribution in [0.3, 0.4) is 0 Å². The Balaban J connectivity index is 0.000000181. The average molecular weight is 890 g/mol. The minimum absolute atomic E-state index is 1.01. The zero-order chi connectivity index (χ0) is 18.1. The predicted octanol–water partition coefficient (Wildman–Crippen LogP) is 5.24. The Morgan fingerprint density at radius 1 is 0.917 bits per heavy atom. The van der Waals surface area contributed by atoms with Crippen LogP contribution < -0.4 is 0 Å². The summed E-state index contributed by atoms with van der Waals surface area (Å²) in [7, 11) is 0. The zero-order valence-electron chi connectivity index (χ0n) is 12.8. The fourth-order valence-corrected chi connectivity index (χ4v) is 3.43. The highest BCUT2D eigenvalue weighted by molar-refractivity contribution is 14.1. The molecule has 3 rings (SSSR count). The van der Waals surface area contributed by atoms with Gasteiger partial charge in [0.15, 0.2) is 0 Å². The first-order valence-corrected chi connectivity index (χ1v) is 12.2. The van der Waals surface area contributed by atoms with E-state index in [1.54, 1.807) is 6.33 Å². The number of nitrogens with one attached hydrogen (secondary N) is 1. The smallest absolute Gasteiger partial charge is 0.132 e. The molecule has 0 aromatic carbocycles. The van der Waals surface area contributed by atoms with Gasteiger partial charge in [0.1, 0.15) is 18.5 Å². The summed E-state index contributed by atoms with van der Waals surface area (Å²) in [5, 5.41) is 0. The molecule has 0 saturated carbocycles. The van der Waals surface area contributed by atoms with Crippen LogP contribution in [0.4, 0.5) is 0 Å². The van der Waals surface area contributed by atoms with Crippen LogP contribution in [0.15, 0.2) is 25.2 Å². The Bertz CT molecular complexity index is 718. The van der Waals surface area contributed by atoms with Crippen LogP contribution in [-0.2, 0) is 13.1 Å². The number of imidazole rings is 3. The highest BCUT2D eigenvalue weighted by Gasteiger charge is 2.00. The lowest BCUT2D eigenvalue weighted by Gasteiger charge is -1.94. The zero-order valence-corrected chi connectivity index (χ0v) is 23.6. The first-order chi connectivity index (χ1) is 11.4. The third kappa shape index (κ3) is 8.31. The number of rotatable bonds is 2. The van der Waals surface area contributed by atoms with Gasteiger partial charge in [-0.1, -0.05) is 0 Å². The largest absolute Gasteiger partial charge is 0.339 e. The van der Waals surface area contributed by atoms with Gasteiger partial charge in [-0.25, -0.2) is 15.0 Å². The molecule has 0 atom stereocenters. The maximum Gasteiger partial charge on any atom is 0.132 e. The monoisotopic (exact) mass is 890 g/mol. The van der Waals surface area contributed by atoms with Crippen molar-refractivity contribution in [1.82, 2.24) is 29.1 Å². The van der Waals surface area contributed by atoms with Crippen LogP contribution in [0.25, 0.3) is 0 Å². The summed E-state index contributed by atoms with van der Waals surface area (Å²) in [5.41, 5.74) is 0. The quantitative estimate of drug-likeness (QED) is 0.359. The number of aromatic nitrogens is 6. The fraction of sp³-hybridized carbons (Fsp3) is 0.308. The molecule has 0 saturated heterocycles. The lowest BCUT2D eigenvalue weighted by atomic mass is 10.7. The minimum atomic E-state index is 1.01. The van der Waals surface area contributed by atoms with Gasteiger partial charge in [0.25, 0.3) is 0 Å². The maximum absolute atomic E-state index is 4.13. The van der Waals surface area contributed by atoms with E-state index in [1.165, 1.54) is 3.70 Å². The number of aryl methyl sites for hydroxylation is 2. The van der Waals surface area contributed by atoms with Gasteiger partial charge in [-0.15, -0.1) is 0 Å². The van der Waals surface area contributed by atoms with Crippen molar-refractivity contribution in [3.8, 4) is 0 Å². The number of H-pyrrole nitrogens is 1. The van der Waals surface area contributed by atoms with E-state index >= 15 is 0 Å². The van der Waals surface area contributed by atoms with Crippen LogP contribution >= 0.6 is 113 Å². The van der Waals surface area contributed by atoms with Crippen LogP contribution in [0, 0.1) is 18.5 Å². The average Bonchev–Trinajstić information content (AvgIpc) is 3.25. The summed E-state index contributed by atoms with van der Waals surface area (Å²) >= 11 is 11.1. The highest BCUT2D eigenvalue weighted by atomic mass is 127. The van der Waals surface area contributed by atoms with Crippen molar-refractivity contribution in [3.05, 3.63) is 43.7 Å². The van der Waals surface area contributed by atoms with Gasteiger partial charge in [-0.05, 0) is 127 Å². The van der Waals surface area contributed by atoms with Crippen molar-refractivity contribution >= 4 is 113 Å². The van der Waals surface area contributed by atoms with E-state index in [0.717, 1.165) is 27.9 Å². The van der Waals surface area contributed by atoms with Crippen LogP contribution in [0.2, 0.25) is 0 Å². The molecule has 0 radical (unpaired) electrons. The van der Waals surface area contributed by atoms with E-state index in [1.807, 2.05) is 23.4 Å². The molecule has 0 amide bonds. The first kappa shape index (κ1) is 23.3. The number of halogens is 5. The fourth-order valence-electron chi connectivity index (χ4n) is 1.33. The molecule has 11 heteroatoms. The van der Waals surface area contributed by atoms with Crippen molar-refractivity contribution < 1.29 is 0 Å². The van der Waals surface area contributed by atoms with Crippen LogP contribution in [0.1, 0.15) is 13.8 Å². The van der Waals surface area contributed by atoms with Crippen LogP contribution in [0.5, 0.6) is 0 Å². The van der Waals surface area contributed by atoms with Crippen molar-refractivity contribution in [2.75, 3.05) is 0 Å². The number of aromatic amines is 1. The molecule has 3 heterocycles. The number of hydrogen-bond acceptors (Lipinski definition) is 3. The molecule has 24 heavy (non-hydrogen) atoms. The summed E-state index contributed by atoms with van der Waals surface area (Å²) < 4.78 is 9.69.